The number of hydrogen-bond acceptors (Lipinski definition) is 8. The smallest absolute Gasteiger partial charge is 0.423 e. The average molecular weight is 584 g/mol. The first-order chi connectivity index (χ1) is 18.5. The van der Waals surface area contributed by atoms with Crippen LogP contribution in [0.1, 0.15) is 68.9 Å². The first kappa shape index (κ1) is 30.9. The van der Waals surface area contributed by atoms with Gasteiger partial charge in [-0.15, -0.1) is 0 Å². The van der Waals surface area contributed by atoms with Gasteiger partial charge in [-0.25, -0.2) is 13.1 Å². The molecule has 0 aliphatic carbocycles. The lowest BCUT2D eigenvalue weighted by Gasteiger charge is -2.23. The van der Waals surface area contributed by atoms with Crippen molar-refractivity contribution >= 4 is 15.7 Å². The summed E-state index contributed by atoms with van der Waals surface area (Å²) in [7, 11) is -3.42. The van der Waals surface area contributed by atoms with Gasteiger partial charge in [0, 0.05) is 11.8 Å². The van der Waals surface area contributed by atoms with E-state index in [0.717, 1.165) is 12.4 Å². The maximum absolute atomic E-state index is 14.1. The predicted molar refractivity (Wildman–Crippen MR) is 140 cm³/mol. The van der Waals surface area contributed by atoms with Crippen molar-refractivity contribution in [3.63, 3.8) is 0 Å². The molecular weight excluding hydrogens is 551 g/mol. The van der Waals surface area contributed by atoms with Crippen LogP contribution < -0.4 is 14.8 Å². The highest BCUT2D eigenvalue weighted by Gasteiger charge is 2.40. The average Bonchev–Trinajstić information content (AvgIpc) is 3.18. The summed E-state index contributed by atoms with van der Waals surface area (Å²) in [6.07, 6.45) is -2.24. The van der Waals surface area contributed by atoms with Gasteiger partial charge >= 0.3 is 6.18 Å². The molecule has 0 unspecified atom stereocenters. The Hall–Kier alpha value is -3.68. The molecule has 0 atom stereocenters. The van der Waals surface area contributed by atoms with Gasteiger partial charge in [0.1, 0.15) is 5.56 Å². The van der Waals surface area contributed by atoms with E-state index in [-0.39, 0.29) is 34.3 Å². The molecule has 3 rings (SSSR count). The number of rotatable bonds is 9. The Morgan fingerprint density at radius 1 is 1.10 bits per heavy atom. The number of nitrogens with one attached hydrogen (secondary N) is 1. The number of alkyl halides is 3. The van der Waals surface area contributed by atoms with Gasteiger partial charge in [0.05, 0.1) is 46.9 Å². The van der Waals surface area contributed by atoms with E-state index in [0.29, 0.717) is 5.69 Å². The number of carbonyl (C=O) groups is 1. The van der Waals surface area contributed by atoms with Crippen molar-refractivity contribution in [1.29, 1.82) is 0 Å². The van der Waals surface area contributed by atoms with Gasteiger partial charge in [-0.1, -0.05) is 6.92 Å². The molecule has 3 heterocycles. The minimum absolute atomic E-state index is 0.0416. The minimum Gasteiger partial charge on any atom is -0.489 e. The molecule has 1 N–H and O–H groups in total. The lowest BCUT2D eigenvalue weighted by Crippen LogP contribution is -2.27. The van der Waals surface area contributed by atoms with Gasteiger partial charge in [-0.05, 0) is 53.7 Å². The van der Waals surface area contributed by atoms with E-state index < -0.39 is 50.6 Å². The SMILES string of the molecule is CCS(=O)(=O)c1ccc(CNC(=O)c2nn(C(C)(C)C)c(Oc3cncc(OC(C)C)c3C(F)(F)F)c2C)nc1. The lowest BCUT2D eigenvalue weighted by molar-refractivity contribution is -0.140. The van der Waals surface area contributed by atoms with Gasteiger partial charge in [-0.2, -0.15) is 18.3 Å². The maximum atomic E-state index is 14.1. The van der Waals surface area contributed by atoms with Crippen LogP contribution >= 0.6 is 0 Å². The highest BCUT2D eigenvalue weighted by molar-refractivity contribution is 7.91. The summed E-state index contributed by atoms with van der Waals surface area (Å²) < 4.78 is 78.7. The Morgan fingerprint density at radius 3 is 2.27 bits per heavy atom. The van der Waals surface area contributed by atoms with E-state index in [1.54, 1.807) is 34.6 Å². The second kappa shape index (κ2) is 11.4. The number of amides is 1. The first-order valence-corrected chi connectivity index (χ1v) is 14.1. The number of hydrogen-bond donors (Lipinski definition) is 1. The molecule has 10 nitrogen and oxygen atoms in total. The Kier molecular flexibility index (Phi) is 8.82. The molecule has 0 radical (unpaired) electrons. The molecule has 3 aromatic heterocycles. The van der Waals surface area contributed by atoms with Crippen LogP contribution in [0.25, 0.3) is 0 Å². The number of nitrogens with zero attached hydrogens (tertiary/aromatic N) is 4. The number of aromatic nitrogens is 4. The molecule has 0 saturated heterocycles. The quantitative estimate of drug-likeness (QED) is 0.371. The largest absolute Gasteiger partial charge is 0.489 e. The zero-order valence-corrected chi connectivity index (χ0v) is 24.1. The van der Waals surface area contributed by atoms with E-state index in [2.05, 4.69) is 20.4 Å². The second-order valence-corrected chi connectivity index (χ2v) is 12.5. The molecule has 3 aromatic rings. The van der Waals surface area contributed by atoms with Gasteiger partial charge in [0.15, 0.2) is 27.0 Å². The van der Waals surface area contributed by atoms with Crippen LogP contribution in [0.5, 0.6) is 17.4 Å². The fraction of sp³-hybridized carbons (Fsp3) is 0.462. The molecule has 0 fully saturated rings. The summed E-state index contributed by atoms with van der Waals surface area (Å²) >= 11 is 0. The van der Waals surface area contributed by atoms with Gasteiger partial charge in [0.25, 0.3) is 5.91 Å². The summed E-state index contributed by atoms with van der Waals surface area (Å²) in [4.78, 5) is 21.1. The van der Waals surface area contributed by atoms with Crippen LogP contribution in [0.2, 0.25) is 0 Å². The van der Waals surface area contributed by atoms with Crippen LogP contribution in [0, 0.1) is 6.92 Å². The fourth-order valence-corrected chi connectivity index (χ4v) is 4.44. The van der Waals surface area contributed by atoms with Crippen molar-refractivity contribution < 1.29 is 35.9 Å². The molecular formula is C26H32F3N5O5S. The van der Waals surface area contributed by atoms with Crippen molar-refractivity contribution in [2.45, 2.75) is 77.7 Å². The van der Waals surface area contributed by atoms with Crippen molar-refractivity contribution in [2.24, 2.45) is 0 Å². The first-order valence-electron chi connectivity index (χ1n) is 12.4. The molecule has 0 bridgehead atoms. The Morgan fingerprint density at radius 2 is 1.75 bits per heavy atom. The van der Waals surface area contributed by atoms with E-state index in [1.165, 1.54) is 36.9 Å². The number of halogens is 3. The molecule has 0 saturated carbocycles. The van der Waals surface area contributed by atoms with E-state index in [1.807, 2.05) is 0 Å². The summed E-state index contributed by atoms with van der Waals surface area (Å²) in [6, 6.07) is 2.89. The molecule has 0 spiro atoms. The maximum Gasteiger partial charge on any atom is 0.423 e. The molecule has 1 amide bonds. The van der Waals surface area contributed by atoms with Crippen molar-refractivity contribution in [2.75, 3.05) is 5.75 Å². The summed E-state index contributed by atoms with van der Waals surface area (Å²) in [6.45, 7) is 11.4. The minimum atomic E-state index is -4.82. The number of sulfone groups is 1. The molecule has 218 valence electrons. The number of ether oxygens (including phenoxy) is 2. The monoisotopic (exact) mass is 583 g/mol. The molecule has 0 aliphatic rings. The highest BCUT2D eigenvalue weighted by atomic mass is 32.2. The third kappa shape index (κ3) is 6.90. The van der Waals surface area contributed by atoms with Crippen molar-refractivity contribution in [1.82, 2.24) is 25.1 Å². The third-order valence-corrected chi connectivity index (χ3v) is 7.33. The van der Waals surface area contributed by atoms with E-state index in [9.17, 15) is 26.4 Å². The molecule has 0 aliphatic heterocycles. The number of carbonyl (C=O) groups excluding carboxylic acids is 1. The Labute approximate surface area is 230 Å². The Bertz CT molecular complexity index is 1480. The lowest BCUT2D eigenvalue weighted by atomic mass is 10.1. The van der Waals surface area contributed by atoms with Gasteiger partial charge in [0.2, 0.25) is 5.88 Å². The van der Waals surface area contributed by atoms with Crippen LogP contribution in [0.4, 0.5) is 13.2 Å². The summed E-state index contributed by atoms with van der Waals surface area (Å²) in [5, 5.41) is 7.01. The topological polar surface area (TPSA) is 125 Å². The van der Waals surface area contributed by atoms with E-state index in [4.69, 9.17) is 9.47 Å². The number of pyridine rings is 2. The standard InChI is InChI=1S/C26H32F3N5O5S/c1-8-40(36,37)18-10-9-17(31-12-18)11-32-23(35)22-16(4)24(34(33-22)25(5,6)7)39-20-14-30-13-19(38-15(2)3)21(20)26(27,28)29/h9-10,12-15H,8,11H2,1-7H3,(H,32,35). The van der Waals surface area contributed by atoms with Gasteiger partial charge < -0.3 is 14.8 Å². The Balaban J connectivity index is 1.95. The molecule has 14 heteroatoms. The van der Waals surface area contributed by atoms with Crippen molar-refractivity contribution in [3.05, 3.63) is 53.2 Å². The van der Waals surface area contributed by atoms with Crippen LogP contribution in [0.15, 0.2) is 35.6 Å². The molecule has 40 heavy (non-hydrogen) atoms. The summed E-state index contributed by atoms with van der Waals surface area (Å²) in [5.74, 6) is -1.84. The molecule has 0 aromatic carbocycles. The fourth-order valence-electron chi connectivity index (χ4n) is 3.62. The predicted octanol–water partition coefficient (Wildman–Crippen LogP) is 5.06. The van der Waals surface area contributed by atoms with Crippen molar-refractivity contribution in [3.8, 4) is 17.4 Å². The summed E-state index contributed by atoms with van der Waals surface area (Å²) in [5.41, 5.74) is -1.38. The highest BCUT2D eigenvalue weighted by Crippen LogP contribution is 2.44. The van der Waals surface area contributed by atoms with Gasteiger partial charge in [-0.3, -0.25) is 14.8 Å². The van der Waals surface area contributed by atoms with Crippen LogP contribution in [-0.2, 0) is 28.1 Å². The van der Waals surface area contributed by atoms with E-state index >= 15 is 0 Å². The second-order valence-electron chi connectivity index (χ2n) is 10.2. The zero-order chi connectivity index (χ0) is 30.0. The zero-order valence-electron chi connectivity index (χ0n) is 23.3. The van der Waals surface area contributed by atoms with Crippen LogP contribution in [-0.4, -0.2) is 45.9 Å². The normalized spacial score (nSPS) is 12.5. The van der Waals surface area contributed by atoms with Crippen LogP contribution in [0.3, 0.4) is 0 Å². The third-order valence-electron chi connectivity index (χ3n) is 5.61.